The molecule has 0 bridgehead atoms. The first-order valence-corrected chi connectivity index (χ1v) is 10.9. The minimum Gasteiger partial charge on any atom is -0.373 e. The molecule has 1 saturated carbocycles. The number of carbonyl (C=O) groups is 1. The van der Waals surface area contributed by atoms with Crippen molar-refractivity contribution in [3.05, 3.63) is 0 Å². The molecular weight excluding hydrogens is 354 g/mol. The second-order valence-corrected chi connectivity index (χ2v) is 9.39. The summed E-state index contributed by atoms with van der Waals surface area (Å²) in [5, 5.41) is 7.17. The van der Waals surface area contributed by atoms with E-state index in [1.54, 1.807) is 0 Å². The van der Waals surface area contributed by atoms with E-state index >= 15 is 0 Å². The van der Waals surface area contributed by atoms with Gasteiger partial charge in [0.15, 0.2) is 5.96 Å². The normalized spacial score (nSPS) is 28.9. The summed E-state index contributed by atoms with van der Waals surface area (Å²) in [5.74, 6) is 1.09. The van der Waals surface area contributed by atoms with Gasteiger partial charge in [-0.3, -0.25) is 14.7 Å². The fraction of sp³-hybridized carbons (Fsp3) is 0.905. The third-order valence-electron chi connectivity index (χ3n) is 6.66. The van der Waals surface area contributed by atoms with Crippen LogP contribution in [0.25, 0.3) is 0 Å². The predicted octanol–water partition coefficient (Wildman–Crippen LogP) is 1.59. The van der Waals surface area contributed by atoms with Crippen LogP contribution in [0.5, 0.6) is 0 Å². The molecule has 1 amide bonds. The molecule has 0 radical (unpaired) electrons. The smallest absolute Gasteiger partial charge is 0.222 e. The minimum absolute atomic E-state index is 0.0815. The number of likely N-dealkylation sites (tertiary alicyclic amines) is 1. The number of nitrogens with zero attached hydrogens (tertiary/aromatic N) is 3. The lowest BCUT2D eigenvalue weighted by Gasteiger charge is -2.51. The molecule has 3 fully saturated rings. The van der Waals surface area contributed by atoms with E-state index in [4.69, 9.17) is 4.74 Å². The zero-order chi connectivity index (χ0) is 20.2. The van der Waals surface area contributed by atoms with E-state index in [0.29, 0.717) is 6.42 Å². The standard InChI is InChI=1S/C21H39N5O2/c1-20(2)16-26(12-13-28-20)21(10-6-5-7-11-21)15-23-19(22-3)24-17-8-9-18(27)25(4)14-17/h17H,5-16H2,1-4H3,(H2,22,23,24). The van der Waals surface area contributed by atoms with Gasteiger partial charge in [-0.15, -0.1) is 0 Å². The molecule has 0 spiro atoms. The van der Waals surface area contributed by atoms with Crippen LogP contribution in [0.4, 0.5) is 0 Å². The second kappa shape index (κ2) is 8.99. The highest BCUT2D eigenvalue weighted by Gasteiger charge is 2.42. The highest BCUT2D eigenvalue weighted by molar-refractivity contribution is 5.81. The van der Waals surface area contributed by atoms with Crippen LogP contribution in [0.15, 0.2) is 4.99 Å². The van der Waals surface area contributed by atoms with Gasteiger partial charge in [-0.1, -0.05) is 19.3 Å². The SMILES string of the molecule is CN=C(NCC1(N2CCOC(C)(C)C2)CCCCC1)NC1CCC(=O)N(C)C1. The molecule has 2 aliphatic heterocycles. The molecular formula is C21H39N5O2. The second-order valence-electron chi connectivity index (χ2n) is 9.39. The molecule has 28 heavy (non-hydrogen) atoms. The molecule has 160 valence electrons. The van der Waals surface area contributed by atoms with Crippen LogP contribution < -0.4 is 10.6 Å². The summed E-state index contributed by atoms with van der Waals surface area (Å²) < 4.78 is 5.97. The van der Waals surface area contributed by atoms with Gasteiger partial charge >= 0.3 is 0 Å². The summed E-state index contributed by atoms with van der Waals surface area (Å²) in [6.45, 7) is 8.84. The Hall–Kier alpha value is -1.34. The van der Waals surface area contributed by atoms with Crippen molar-refractivity contribution in [2.24, 2.45) is 4.99 Å². The van der Waals surface area contributed by atoms with Crippen molar-refractivity contribution in [1.82, 2.24) is 20.4 Å². The van der Waals surface area contributed by atoms with Crippen LogP contribution in [0, 0.1) is 0 Å². The van der Waals surface area contributed by atoms with Gasteiger partial charge < -0.3 is 20.3 Å². The summed E-state index contributed by atoms with van der Waals surface area (Å²) in [5.41, 5.74) is 0.0953. The zero-order valence-corrected chi connectivity index (χ0v) is 18.2. The first-order chi connectivity index (χ1) is 13.3. The molecule has 1 aliphatic carbocycles. The number of ether oxygens (including phenoxy) is 1. The largest absolute Gasteiger partial charge is 0.373 e. The average Bonchev–Trinajstić information content (AvgIpc) is 2.68. The Balaban J connectivity index is 1.61. The van der Waals surface area contributed by atoms with E-state index in [9.17, 15) is 4.79 Å². The van der Waals surface area contributed by atoms with Gasteiger partial charge in [0.1, 0.15) is 0 Å². The van der Waals surface area contributed by atoms with Crippen molar-refractivity contribution in [1.29, 1.82) is 0 Å². The van der Waals surface area contributed by atoms with E-state index in [2.05, 4.69) is 34.4 Å². The Morgan fingerprint density at radius 1 is 1.29 bits per heavy atom. The summed E-state index contributed by atoms with van der Waals surface area (Å²) in [6, 6.07) is 0.263. The van der Waals surface area contributed by atoms with E-state index in [1.807, 2.05) is 19.0 Å². The van der Waals surface area contributed by atoms with E-state index in [-0.39, 0.29) is 23.1 Å². The molecule has 7 nitrogen and oxygen atoms in total. The van der Waals surface area contributed by atoms with E-state index in [1.165, 1.54) is 32.1 Å². The quantitative estimate of drug-likeness (QED) is 0.561. The van der Waals surface area contributed by atoms with Gasteiger partial charge in [-0.05, 0) is 33.1 Å². The van der Waals surface area contributed by atoms with Crippen molar-refractivity contribution in [2.45, 2.75) is 76.0 Å². The molecule has 0 aromatic carbocycles. The van der Waals surface area contributed by atoms with Crippen LogP contribution in [-0.2, 0) is 9.53 Å². The summed E-state index contributed by atoms with van der Waals surface area (Å²) >= 11 is 0. The Morgan fingerprint density at radius 3 is 2.68 bits per heavy atom. The third kappa shape index (κ3) is 5.17. The van der Waals surface area contributed by atoms with Gasteiger partial charge in [0.2, 0.25) is 5.91 Å². The molecule has 0 aromatic heterocycles. The highest BCUT2D eigenvalue weighted by atomic mass is 16.5. The Labute approximate surface area is 170 Å². The number of hydrogen-bond acceptors (Lipinski definition) is 4. The number of carbonyl (C=O) groups excluding carboxylic acids is 1. The Bertz CT molecular complexity index is 571. The van der Waals surface area contributed by atoms with Gasteiger partial charge in [0.25, 0.3) is 0 Å². The highest BCUT2D eigenvalue weighted by Crippen LogP contribution is 2.36. The van der Waals surface area contributed by atoms with Gasteiger partial charge in [0, 0.05) is 58.3 Å². The molecule has 2 N–H and O–H groups in total. The number of hydrogen-bond donors (Lipinski definition) is 2. The summed E-state index contributed by atoms with van der Waals surface area (Å²) in [7, 11) is 3.71. The van der Waals surface area contributed by atoms with E-state index in [0.717, 1.165) is 45.2 Å². The lowest BCUT2D eigenvalue weighted by molar-refractivity contribution is -0.132. The first-order valence-electron chi connectivity index (χ1n) is 10.9. The lowest BCUT2D eigenvalue weighted by Crippen LogP contribution is -2.64. The number of guanidine groups is 1. The predicted molar refractivity (Wildman–Crippen MR) is 113 cm³/mol. The Morgan fingerprint density at radius 2 is 2.04 bits per heavy atom. The summed E-state index contributed by atoms with van der Waals surface area (Å²) in [4.78, 5) is 20.7. The van der Waals surface area contributed by atoms with Crippen molar-refractivity contribution < 1.29 is 9.53 Å². The molecule has 0 aromatic rings. The molecule has 1 unspecified atom stereocenters. The number of morpholine rings is 1. The fourth-order valence-electron chi connectivity index (χ4n) is 5.00. The first kappa shape index (κ1) is 21.4. The lowest BCUT2D eigenvalue weighted by atomic mass is 9.79. The maximum atomic E-state index is 11.7. The monoisotopic (exact) mass is 393 g/mol. The average molecular weight is 394 g/mol. The fourth-order valence-corrected chi connectivity index (χ4v) is 5.00. The summed E-state index contributed by atoms with van der Waals surface area (Å²) in [6.07, 6.45) is 7.86. The third-order valence-corrected chi connectivity index (χ3v) is 6.66. The van der Waals surface area contributed by atoms with Gasteiger partial charge in [0.05, 0.1) is 12.2 Å². The van der Waals surface area contributed by atoms with Crippen LogP contribution in [-0.4, -0.2) is 85.7 Å². The number of piperidine rings is 1. The van der Waals surface area contributed by atoms with Gasteiger partial charge in [-0.25, -0.2) is 0 Å². The number of aliphatic imine (C=N–C) groups is 1. The van der Waals surface area contributed by atoms with E-state index < -0.39 is 0 Å². The molecule has 2 saturated heterocycles. The number of nitrogens with one attached hydrogen (secondary N) is 2. The van der Waals surface area contributed by atoms with Crippen molar-refractivity contribution in [3.8, 4) is 0 Å². The van der Waals surface area contributed by atoms with Crippen LogP contribution in [0.2, 0.25) is 0 Å². The minimum atomic E-state index is -0.0815. The van der Waals surface area contributed by atoms with Crippen molar-refractivity contribution >= 4 is 11.9 Å². The van der Waals surface area contributed by atoms with Crippen molar-refractivity contribution in [2.75, 3.05) is 46.9 Å². The molecule has 1 atom stereocenters. The molecule has 7 heteroatoms. The Kier molecular flexibility index (Phi) is 6.86. The number of amides is 1. The van der Waals surface area contributed by atoms with Crippen LogP contribution in [0.1, 0.15) is 58.8 Å². The maximum absolute atomic E-state index is 11.7. The number of rotatable bonds is 4. The molecule has 3 aliphatic rings. The molecule has 2 heterocycles. The van der Waals surface area contributed by atoms with Crippen LogP contribution >= 0.6 is 0 Å². The topological polar surface area (TPSA) is 69.2 Å². The number of likely N-dealkylation sites (N-methyl/N-ethyl adjacent to an activating group) is 1. The zero-order valence-electron chi connectivity index (χ0n) is 18.2. The maximum Gasteiger partial charge on any atom is 0.222 e. The van der Waals surface area contributed by atoms with Crippen molar-refractivity contribution in [3.63, 3.8) is 0 Å². The molecule has 3 rings (SSSR count). The van der Waals surface area contributed by atoms with Gasteiger partial charge in [-0.2, -0.15) is 0 Å². The van der Waals surface area contributed by atoms with Crippen LogP contribution in [0.3, 0.4) is 0 Å².